The molecule has 0 bridgehead atoms. The summed E-state index contributed by atoms with van der Waals surface area (Å²) in [6.07, 6.45) is 1.78. The van der Waals surface area contributed by atoms with Gasteiger partial charge in [0.05, 0.1) is 6.42 Å². The maximum atomic E-state index is 11.4. The third-order valence-electron chi connectivity index (χ3n) is 1.82. The Hall–Kier alpha value is -0.860. The molecule has 0 aliphatic rings. The highest BCUT2D eigenvalue weighted by molar-refractivity contribution is 5.74. The van der Waals surface area contributed by atoms with E-state index in [2.05, 4.69) is 0 Å². The second-order valence-corrected chi connectivity index (χ2v) is 5.32. The van der Waals surface area contributed by atoms with E-state index in [0.717, 1.165) is 12.7 Å². The van der Waals surface area contributed by atoms with Crippen LogP contribution in [0, 0.1) is 11.8 Å². The third kappa shape index (κ3) is 8.16. The zero-order valence-corrected chi connectivity index (χ0v) is 10.4. The van der Waals surface area contributed by atoms with Crippen molar-refractivity contribution in [3.05, 3.63) is 0 Å². The maximum Gasteiger partial charge on any atom is 0.307 e. The van der Waals surface area contributed by atoms with Crippen LogP contribution in [0.25, 0.3) is 0 Å². The minimum atomic E-state index is -0.470. The molecule has 1 atom stereocenters. The van der Waals surface area contributed by atoms with E-state index in [1.807, 2.05) is 34.6 Å². The largest absolute Gasteiger partial charge is 0.460 e. The predicted molar refractivity (Wildman–Crippen MR) is 59.5 cm³/mol. The summed E-state index contributed by atoms with van der Waals surface area (Å²) in [5.41, 5.74) is -0.470. The lowest BCUT2D eigenvalue weighted by molar-refractivity contribution is -0.156. The van der Waals surface area contributed by atoms with Crippen LogP contribution < -0.4 is 0 Å². The predicted octanol–water partition coefficient (Wildman–Crippen LogP) is 2.58. The van der Waals surface area contributed by atoms with Gasteiger partial charge in [-0.05, 0) is 33.1 Å². The van der Waals surface area contributed by atoms with Crippen molar-refractivity contribution in [3.63, 3.8) is 0 Å². The van der Waals surface area contributed by atoms with E-state index in [1.54, 1.807) is 0 Å². The van der Waals surface area contributed by atoms with Crippen LogP contribution in [0.2, 0.25) is 0 Å². The Kier molecular flexibility index (Phi) is 5.55. The van der Waals surface area contributed by atoms with Crippen molar-refractivity contribution in [2.45, 2.75) is 53.1 Å². The average Bonchev–Trinajstić information content (AvgIpc) is 1.98. The molecule has 0 saturated heterocycles. The first-order valence-electron chi connectivity index (χ1n) is 5.41. The number of carbonyl (C=O) groups excluding carboxylic acids is 2. The Morgan fingerprint density at radius 1 is 1.33 bits per heavy atom. The van der Waals surface area contributed by atoms with Crippen molar-refractivity contribution in [1.29, 1.82) is 0 Å². The van der Waals surface area contributed by atoms with Crippen molar-refractivity contribution in [2.24, 2.45) is 11.8 Å². The van der Waals surface area contributed by atoms with Crippen LogP contribution in [0.4, 0.5) is 0 Å². The fraction of sp³-hybridized carbons (Fsp3) is 0.833. The molecule has 0 aliphatic heterocycles. The molecule has 3 heteroatoms. The van der Waals surface area contributed by atoms with Gasteiger partial charge >= 0.3 is 5.97 Å². The molecule has 0 amide bonds. The van der Waals surface area contributed by atoms with Gasteiger partial charge in [-0.2, -0.15) is 0 Å². The summed E-state index contributed by atoms with van der Waals surface area (Å²) in [4.78, 5) is 22.2. The summed E-state index contributed by atoms with van der Waals surface area (Å²) in [6, 6.07) is 0. The summed E-state index contributed by atoms with van der Waals surface area (Å²) < 4.78 is 5.15. The van der Waals surface area contributed by atoms with Crippen molar-refractivity contribution in [3.8, 4) is 0 Å². The van der Waals surface area contributed by atoms with Gasteiger partial charge in [0.15, 0.2) is 0 Å². The van der Waals surface area contributed by atoms with E-state index in [1.165, 1.54) is 0 Å². The Bertz CT molecular complexity index is 213. The van der Waals surface area contributed by atoms with Crippen LogP contribution in [0.1, 0.15) is 47.5 Å². The summed E-state index contributed by atoms with van der Waals surface area (Å²) in [6.45, 7) is 9.53. The second kappa shape index (κ2) is 5.89. The number of esters is 1. The van der Waals surface area contributed by atoms with E-state index < -0.39 is 5.60 Å². The molecule has 3 nitrogen and oxygen atoms in total. The smallest absolute Gasteiger partial charge is 0.307 e. The van der Waals surface area contributed by atoms with Crippen LogP contribution in [0.5, 0.6) is 0 Å². The van der Waals surface area contributed by atoms with Crippen molar-refractivity contribution >= 4 is 12.3 Å². The normalized spacial score (nSPS) is 13.7. The molecule has 0 unspecified atom stereocenters. The summed E-state index contributed by atoms with van der Waals surface area (Å²) in [5, 5.41) is 0. The SMILES string of the molecule is CC(C)C[C@@H](C=O)CC(=O)OC(C)(C)C. The number of carbonyl (C=O) groups is 2. The highest BCUT2D eigenvalue weighted by Gasteiger charge is 2.20. The molecule has 0 aromatic heterocycles. The highest BCUT2D eigenvalue weighted by Crippen LogP contribution is 2.16. The average molecular weight is 214 g/mol. The molecule has 15 heavy (non-hydrogen) atoms. The minimum absolute atomic E-state index is 0.193. The molecule has 0 aromatic carbocycles. The van der Waals surface area contributed by atoms with E-state index >= 15 is 0 Å². The minimum Gasteiger partial charge on any atom is -0.460 e. The second-order valence-electron chi connectivity index (χ2n) is 5.32. The maximum absolute atomic E-state index is 11.4. The lowest BCUT2D eigenvalue weighted by Gasteiger charge is -2.21. The molecule has 0 saturated carbocycles. The van der Waals surface area contributed by atoms with Crippen LogP contribution in [-0.2, 0) is 14.3 Å². The van der Waals surface area contributed by atoms with Gasteiger partial charge in [-0.25, -0.2) is 0 Å². The molecule has 0 N–H and O–H groups in total. The Morgan fingerprint density at radius 3 is 2.20 bits per heavy atom. The van der Waals surface area contributed by atoms with Gasteiger partial charge in [0, 0.05) is 5.92 Å². The zero-order chi connectivity index (χ0) is 12.1. The number of hydrogen-bond donors (Lipinski definition) is 0. The standard InChI is InChI=1S/C12H22O3/c1-9(2)6-10(8-13)7-11(14)15-12(3,4)5/h8-10H,6-7H2,1-5H3/t10-/m1/s1. The number of ether oxygens (including phenoxy) is 1. The van der Waals surface area contributed by atoms with Gasteiger partial charge in [0.2, 0.25) is 0 Å². The molecule has 0 spiro atoms. The van der Waals surface area contributed by atoms with Gasteiger partial charge in [0.25, 0.3) is 0 Å². The van der Waals surface area contributed by atoms with Crippen LogP contribution in [0.15, 0.2) is 0 Å². The Balaban J connectivity index is 4.08. The zero-order valence-electron chi connectivity index (χ0n) is 10.4. The van der Waals surface area contributed by atoms with Crippen LogP contribution >= 0.6 is 0 Å². The van der Waals surface area contributed by atoms with Crippen molar-refractivity contribution in [2.75, 3.05) is 0 Å². The molecule has 0 radical (unpaired) electrons. The molecule has 88 valence electrons. The lowest BCUT2D eigenvalue weighted by atomic mass is 9.95. The first-order chi connectivity index (χ1) is 6.74. The van der Waals surface area contributed by atoms with Crippen LogP contribution in [0.3, 0.4) is 0 Å². The molecule has 0 aromatic rings. The van der Waals surface area contributed by atoms with Gasteiger partial charge in [-0.3, -0.25) is 4.79 Å². The Morgan fingerprint density at radius 2 is 1.87 bits per heavy atom. The molecule has 0 rings (SSSR count). The number of hydrogen-bond acceptors (Lipinski definition) is 3. The summed E-state index contributed by atoms with van der Waals surface area (Å²) >= 11 is 0. The molecule has 0 aliphatic carbocycles. The lowest BCUT2D eigenvalue weighted by Crippen LogP contribution is -2.25. The van der Waals surface area contributed by atoms with E-state index in [9.17, 15) is 9.59 Å². The third-order valence-corrected chi connectivity index (χ3v) is 1.82. The fourth-order valence-electron chi connectivity index (χ4n) is 1.39. The fourth-order valence-corrected chi connectivity index (χ4v) is 1.39. The molecular formula is C12H22O3. The molecule has 0 heterocycles. The van der Waals surface area contributed by atoms with Gasteiger partial charge in [-0.15, -0.1) is 0 Å². The summed E-state index contributed by atoms with van der Waals surface area (Å²) in [5.74, 6) is -0.0808. The topological polar surface area (TPSA) is 43.4 Å². The first-order valence-corrected chi connectivity index (χ1v) is 5.41. The number of aldehydes is 1. The quantitative estimate of drug-likeness (QED) is 0.522. The van der Waals surface area contributed by atoms with E-state index in [4.69, 9.17) is 4.74 Å². The van der Waals surface area contributed by atoms with Crippen LogP contribution in [-0.4, -0.2) is 17.9 Å². The van der Waals surface area contributed by atoms with Gasteiger partial charge < -0.3 is 9.53 Å². The Labute approximate surface area is 92.2 Å². The first kappa shape index (κ1) is 14.1. The molecular weight excluding hydrogens is 192 g/mol. The summed E-state index contributed by atoms with van der Waals surface area (Å²) in [7, 11) is 0. The van der Waals surface area contributed by atoms with Gasteiger partial charge in [0.1, 0.15) is 11.9 Å². The highest BCUT2D eigenvalue weighted by atomic mass is 16.6. The van der Waals surface area contributed by atoms with E-state index in [-0.39, 0.29) is 18.3 Å². The molecule has 0 fully saturated rings. The van der Waals surface area contributed by atoms with Crippen molar-refractivity contribution in [1.82, 2.24) is 0 Å². The van der Waals surface area contributed by atoms with E-state index in [0.29, 0.717) is 5.92 Å². The van der Waals surface area contributed by atoms with Gasteiger partial charge in [-0.1, -0.05) is 13.8 Å². The van der Waals surface area contributed by atoms with Crippen molar-refractivity contribution < 1.29 is 14.3 Å². The number of rotatable bonds is 5. The monoisotopic (exact) mass is 214 g/mol.